The van der Waals surface area contributed by atoms with Gasteiger partial charge in [0.05, 0.1) is 119 Å². The smallest absolute Gasteiger partial charge is 0.305 e. The highest BCUT2D eigenvalue weighted by Crippen LogP contribution is 2.08. The van der Waals surface area contributed by atoms with Crippen LogP contribution in [0.3, 0.4) is 0 Å². The molecule has 0 rings (SSSR count). The molecule has 0 aromatic rings. The molecule has 0 heterocycles. The fraction of sp³-hybridized carbons (Fsp3) is 0.967. The van der Waals surface area contributed by atoms with E-state index in [9.17, 15) is 9.18 Å². The SMILES string of the molecule is CCCCCCCCCC(=O)OCCOCCOCCOCCOCCOCCOCCOCCOCCOCCF. The average Bonchev–Trinajstić information content (AvgIpc) is 2.99. The van der Waals surface area contributed by atoms with Gasteiger partial charge in [-0.2, -0.15) is 0 Å². The minimum atomic E-state index is -0.475. The normalized spacial score (nSPS) is 11.4. The second kappa shape index (κ2) is 38.1. The highest BCUT2D eigenvalue weighted by atomic mass is 19.1. The first kappa shape index (κ1) is 41.0. The summed E-state index contributed by atoms with van der Waals surface area (Å²) in [5.74, 6) is -0.143. The molecule has 0 unspecified atom stereocenters. The number of ether oxygens (including phenoxy) is 10. The molecular weight excluding hydrogens is 555 g/mol. The molecule has 12 heteroatoms. The monoisotopic (exact) mass is 614 g/mol. The van der Waals surface area contributed by atoms with E-state index in [0.717, 1.165) is 12.8 Å². The van der Waals surface area contributed by atoms with Crippen LogP contribution in [0.15, 0.2) is 0 Å². The van der Waals surface area contributed by atoms with Crippen molar-refractivity contribution in [3.05, 3.63) is 0 Å². The Labute approximate surface area is 253 Å². The van der Waals surface area contributed by atoms with Gasteiger partial charge < -0.3 is 47.4 Å². The van der Waals surface area contributed by atoms with Crippen molar-refractivity contribution < 1.29 is 56.6 Å². The molecule has 0 radical (unpaired) electrons. The topological polar surface area (TPSA) is 109 Å². The highest BCUT2D eigenvalue weighted by molar-refractivity contribution is 5.69. The van der Waals surface area contributed by atoms with Crippen LogP contribution in [0.4, 0.5) is 4.39 Å². The Hall–Kier alpha value is -0.960. The molecule has 0 fully saturated rings. The van der Waals surface area contributed by atoms with Crippen LogP contribution in [0, 0.1) is 0 Å². The van der Waals surface area contributed by atoms with Crippen LogP contribution >= 0.6 is 0 Å². The van der Waals surface area contributed by atoms with E-state index >= 15 is 0 Å². The summed E-state index contributed by atoms with van der Waals surface area (Å²) in [4.78, 5) is 11.7. The first-order valence-electron chi connectivity index (χ1n) is 15.7. The second-order valence-electron chi connectivity index (χ2n) is 9.29. The summed E-state index contributed by atoms with van der Waals surface area (Å²) in [6.45, 7) is 10.1. The number of carbonyl (C=O) groups excluding carboxylic acids is 1. The molecule has 0 bridgehead atoms. The van der Waals surface area contributed by atoms with Gasteiger partial charge in [-0.1, -0.05) is 45.4 Å². The number of esters is 1. The van der Waals surface area contributed by atoms with E-state index < -0.39 is 6.67 Å². The number of hydrogen-bond donors (Lipinski definition) is 0. The van der Waals surface area contributed by atoms with Crippen molar-refractivity contribution in [1.29, 1.82) is 0 Å². The lowest BCUT2D eigenvalue weighted by Gasteiger charge is -2.09. The van der Waals surface area contributed by atoms with Crippen molar-refractivity contribution in [2.45, 2.75) is 58.3 Å². The van der Waals surface area contributed by atoms with Crippen LogP contribution < -0.4 is 0 Å². The molecule has 0 N–H and O–H groups in total. The number of unbranched alkanes of at least 4 members (excludes halogenated alkanes) is 6. The summed E-state index contributed by atoms with van der Waals surface area (Å²) in [5, 5.41) is 0. The van der Waals surface area contributed by atoms with Crippen LogP contribution in [0.5, 0.6) is 0 Å². The third kappa shape index (κ3) is 37.1. The predicted octanol–water partition coefficient (Wildman–Crippen LogP) is 3.79. The molecule has 0 aliphatic carbocycles. The number of alkyl halides is 1. The molecule has 0 aromatic carbocycles. The van der Waals surface area contributed by atoms with Crippen molar-refractivity contribution in [3.8, 4) is 0 Å². The summed E-state index contributed by atoms with van der Waals surface area (Å²) < 4.78 is 65.2. The van der Waals surface area contributed by atoms with Crippen molar-refractivity contribution in [1.82, 2.24) is 0 Å². The first-order chi connectivity index (χ1) is 20.8. The number of rotatable bonds is 37. The molecule has 0 saturated carbocycles. The lowest BCUT2D eigenvalue weighted by molar-refractivity contribution is -0.145. The maximum atomic E-state index is 11.8. The molecule has 0 spiro atoms. The highest BCUT2D eigenvalue weighted by Gasteiger charge is 2.02. The molecule has 11 nitrogen and oxygen atoms in total. The zero-order valence-electron chi connectivity index (χ0n) is 26.2. The zero-order valence-corrected chi connectivity index (χ0v) is 26.2. The lowest BCUT2D eigenvalue weighted by atomic mass is 10.1. The van der Waals surface area contributed by atoms with E-state index in [2.05, 4.69) is 6.92 Å². The van der Waals surface area contributed by atoms with Crippen molar-refractivity contribution in [2.75, 3.05) is 132 Å². The van der Waals surface area contributed by atoms with E-state index in [1.54, 1.807) is 0 Å². The molecule has 0 aliphatic heterocycles. The van der Waals surface area contributed by atoms with Gasteiger partial charge in [0.2, 0.25) is 0 Å². The summed E-state index contributed by atoms with van der Waals surface area (Å²) in [6, 6.07) is 0. The van der Waals surface area contributed by atoms with Gasteiger partial charge in [0.1, 0.15) is 13.3 Å². The van der Waals surface area contributed by atoms with E-state index in [-0.39, 0.29) is 19.2 Å². The van der Waals surface area contributed by atoms with Gasteiger partial charge in [0.25, 0.3) is 0 Å². The molecular formula is C30H59FO11. The molecule has 42 heavy (non-hydrogen) atoms. The largest absolute Gasteiger partial charge is 0.463 e. The van der Waals surface area contributed by atoms with E-state index in [4.69, 9.17) is 47.4 Å². The van der Waals surface area contributed by atoms with Crippen LogP contribution in [-0.2, 0) is 52.2 Å². The second-order valence-corrected chi connectivity index (χ2v) is 9.29. The van der Waals surface area contributed by atoms with E-state index in [0.29, 0.717) is 119 Å². The Morgan fingerprint density at radius 1 is 0.405 bits per heavy atom. The Bertz CT molecular complexity index is 518. The van der Waals surface area contributed by atoms with Crippen LogP contribution in [0.2, 0.25) is 0 Å². The van der Waals surface area contributed by atoms with E-state index in [1.165, 1.54) is 32.1 Å². The van der Waals surface area contributed by atoms with Gasteiger partial charge >= 0.3 is 5.97 Å². The van der Waals surface area contributed by atoms with Crippen molar-refractivity contribution in [3.63, 3.8) is 0 Å². The molecule has 0 saturated heterocycles. The average molecular weight is 615 g/mol. The Kier molecular flexibility index (Phi) is 37.2. The molecule has 0 amide bonds. The van der Waals surface area contributed by atoms with Gasteiger partial charge in [-0.25, -0.2) is 4.39 Å². The summed E-state index contributed by atoms with van der Waals surface area (Å²) in [7, 11) is 0. The lowest BCUT2D eigenvalue weighted by Crippen LogP contribution is -2.15. The van der Waals surface area contributed by atoms with Gasteiger partial charge in [0.15, 0.2) is 0 Å². The Balaban J connectivity index is 3.09. The Morgan fingerprint density at radius 2 is 0.690 bits per heavy atom. The van der Waals surface area contributed by atoms with Crippen LogP contribution in [0.1, 0.15) is 58.3 Å². The number of halogens is 1. The maximum Gasteiger partial charge on any atom is 0.305 e. The van der Waals surface area contributed by atoms with E-state index in [1.807, 2.05) is 0 Å². The number of hydrogen-bond acceptors (Lipinski definition) is 11. The fourth-order valence-corrected chi connectivity index (χ4v) is 3.43. The quantitative estimate of drug-likeness (QED) is 0.0753. The number of carbonyl (C=O) groups is 1. The first-order valence-corrected chi connectivity index (χ1v) is 15.7. The minimum absolute atomic E-state index is 0.113. The van der Waals surface area contributed by atoms with Gasteiger partial charge in [-0.05, 0) is 6.42 Å². The van der Waals surface area contributed by atoms with Gasteiger partial charge in [-0.3, -0.25) is 4.79 Å². The molecule has 0 aromatic heterocycles. The predicted molar refractivity (Wildman–Crippen MR) is 157 cm³/mol. The third-order valence-electron chi connectivity index (χ3n) is 5.67. The third-order valence-corrected chi connectivity index (χ3v) is 5.67. The minimum Gasteiger partial charge on any atom is -0.463 e. The van der Waals surface area contributed by atoms with Crippen molar-refractivity contribution in [2.24, 2.45) is 0 Å². The molecule has 0 aliphatic rings. The molecule has 252 valence electrons. The molecule has 0 atom stereocenters. The summed E-state index contributed by atoms with van der Waals surface area (Å²) >= 11 is 0. The van der Waals surface area contributed by atoms with Crippen LogP contribution in [-0.4, -0.2) is 138 Å². The zero-order chi connectivity index (χ0) is 30.4. The van der Waals surface area contributed by atoms with Crippen molar-refractivity contribution >= 4 is 5.97 Å². The standard InChI is InChI=1S/C30H59FO11/c1-2-3-4-5-6-7-8-9-30(32)42-29-28-41-27-26-40-25-24-39-23-22-38-21-20-37-19-18-36-17-16-35-15-14-34-13-12-33-11-10-31/h2-29H2,1H3. The Morgan fingerprint density at radius 3 is 1.02 bits per heavy atom. The van der Waals surface area contributed by atoms with Gasteiger partial charge in [0, 0.05) is 6.42 Å². The fourth-order valence-electron chi connectivity index (χ4n) is 3.43. The summed E-state index contributed by atoms with van der Waals surface area (Å²) in [5.41, 5.74) is 0. The summed E-state index contributed by atoms with van der Waals surface area (Å²) in [6.07, 6.45) is 8.79. The maximum absolute atomic E-state index is 11.8. The van der Waals surface area contributed by atoms with Gasteiger partial charge in [-0.15, -0.1) is 0 Å². The van der Waals surface area contributed by atoms with Crippen LogP contribution in [0.25, 0.3) is 0 Å².